The van der Waals surface area contributed by atoms with Gasteiger partial charge in [0.15, 0.2) is 0 Å². The summed E-state index contributed by atoms with van der Waals surface area (Å²) in [4.78, 5) is 10.8. The number of rotatable bonds is 1. The second kappa shape index (κ2) is 2.98. The fraction of sp³-hybridized carbons (Fsp3) is 0.833. The van der Waals surface area contributed by atoms with Gasteiger partial charge in [0.05, 0.1) is 18.6 Å². The molecular formula is C6H12N2O2. The molecule has 1 amide bonds. The van der Waals surface area contributed by atoms with Gasteiger partial charge in [0.25, 0.3) is 0 Å². The molecule has 1 heterocycles. The Morgan fingerprint density at radius 2 is 2.50 bits per heavy atom. The van der Waals surface area contributed by atoms with Crippen LogP contribution in [0.5, 0.6) is 0 Å². The van der Waals surface area contributed by atoms with Gasteiger partial charge in [-0.25, -0.2) is 5.84 Å². The summed E-state index contributed by atoms with van der Waals surface area (Å²) in [6.07, 6.45) is 0.977. The Morgan fingerprint density at radius 3 is 2.90 bits per heavy atom. The average molecular weight is 144 g/mol. The number of carbonyl (C=O) groups is 1. The van der Waals surface area contributed by atoms with E-state index in [1.807, 2.05) is 6.92 Å². The van der Waals surface area contributed by atoms with Crippen molar-refractivity contribution in [2.75, 3.05) is 6.61 Å². The van der Waals surface area contributed by atoms with Crippen LogP contribution in [-0.4, -0.2) is 18.6 Å². The van der Waals surface area contributed by atoms with E-state index in [9.17, 15) is 4.79 Å². The molecule has 0 aromatic carbocycles. The molecule has 4 nitrogen and oxygen atoms in total. The Kier molecular flexibility index (Phi) is 2.24. The summed E-state index contributed by atoms with van der Waals surface area (Å²) < 4.78 is 5.17. The van der Waals surface area contributed by atoms with Crippen molar-refractivity contribution in [3.05, 3.63) is 0 Å². The Morgan fingerprint density at radius 1 is 1.80 bits per heavy atom. The Bertz CT molecular complexity index is 138. The highest BCUT2D eigenvalue weighted by atomic mass is 16.5. The van der Waals surface area contributed by atoms with Gasteiger partial charge in [-0.05, 0) is 13.3 Å². The molecule has 10 heavy (non-hydrogen) atoms. The number of hydrazine groups is 1. The normalized spacial score (nSPS) is 32.2. The Balaban J connectivity index is 2.37. The number of amides is 1. The van der Waals surface area contributed by atoms with Gasteiger partial charge in [0, 0.05) is 0 Å². The lowest BCUT2D eigenvalue weighted by Crippen LogP contribution is -2.36. The van der Waals surface area contributed by atoms with E-state index < -0.39 is 0 Å². The maximum absolute atomic E-state index is 10.8. The minimum absolute atomic E-state index is 0.0417. The summed E-state index contributed by atoms with van der Waals surface area (Å²) in [6.45, 7) is 2.45. The number of carbonyl (C=O) groups excluding carboxylic acids is 1. The van der Waals surface area contributed by atoms with E-state index in [4.69, 9.17) is 10.6 Å². The molecule has 1 saturated heterocycles. The number of ether oxygens (including phenoxy) is 1. The average Bonchev–Trinajstić information content (AvgIpc) is 2.34. The van der Waals surface area contributed by atoms with Crippen molar-refractivity contribution in [1.82, 2.24) is 5.43 Å². The number of hydrogen-bond donors (Lipinski definition) is 2. The second-order valence-corrected chi connectivity index (χ2v) is 2.59. The van der Waals surface area contributed by atoms with E-state index in [0.29, 0.717) is 6.61 Å². The van der Waals surface area contributed by atoms with Crippen LogP contribution in [0, 0.1) is 5.92 Å². The van der Waals surface area contributed by atoms with Crippen molar-refractivity contribution in [2.24, 2.45) is 11.8 Å². The van der Waals surface area contributed by atoms with Gasteiger partial charge < -0.3 is 4.74 Å². The lowest BCUT2D eigenvalue weighted by Gasteiger charge is -2.03. The lowest BCUT2D eigenvalue weighted by atomic mass is 10.1. The number of nitrogens with two attached hydrogens (primary N) is 1. The van der Waals surface area contributed by atoms with Gasteiger partial charge >= 0.3 is 0 Å². The van der Waals surface area contributed by atoms with Crippen molar-refractivity contribution in [3.63, 3.8) is 0 Å². The summed E-state index contributed by atoms with van der Waals surface area (Å²) >= 11 is 0. The third kappa shape index (κ3) is 1.46. The predicted molar refractivity (Wildman–Crippen MR) is 35.9 cm³/mol. The molecule has 0 aliphatic carbocycles. The molecule has 0 aromatic heterocycles. The van der Waals surface area contributed by atoms with E-state index in [1.165, 1.54) is 0 Å². The van der Waals surface area contributed by atoms with Crippen molar-refractivity contribution in [3.8, 4) is 0 Å². The molecule has 4 heteroatoms. The van der Waals surface area contributed by atoms with Crippen molar-refractivity contribution in [2.45, 2.75) is 19.4 Å². The van der Waals surface area contributed by atoms with Crippen molar-refractivity contribution < 1.29 is 9.53 Å². The molecule has 0 bridgehead atoms. The highest BCUT2D eigenvalue weighted by molar-refractivity contribution is 5.78. The monoisotopic (exact) mass is 144 g/mol. The fourth-order valence-electron chi connectivity index (χ4n) is 1.12. The molecule has 3 N–H and O–H groups in total. The van der Waals surface area contributed by atoms with Crippen LogP contribution in [0.25, 0.3) is 0 Å². The summed E-state index contributed by atoms with van der Waals surface area (Å²) in [5.74, 6) is 4.78. The zero-order valence-corrected chi connectivity index (χ0v) is 5.96. The molecule has 0 radical (unpaired) electrons. The predicted octanol–water partition coefficient (Wildman–Crippen LogP) is -0.599. The quantitative estimate of drug-likeness (QED) is 0.293. The molecule has 0 aromatic rings. The fourth-order valence-corrected chi connectivity index (χ4v) is 1.12. The van der Waals surface area contributed by atoms with E-state index in [2.05, 4.69) is 5.43 Å². The van der Waals surface area contributed by atoms with Gasteiger partial charge in [0.2, 0.25) is 5.91 Å². The molecule has 1 aliphatic heterocycles. The van der Waals surface area contributed by atoms with Gasteiger partial charge in [-0.15, -0.1) is 0 Å². The third-order valence-corrected chi connectivity index (χ3v) is 1.71. The van der Waals surface area contributed by atoms with Gasteiger partial charge in [-0.3, -0.25) is 10.2 Å². The highest BCUT2D eigenvalue weighted by Crippen LogP contribution is 2.18. The first kappa shape index (κ1) is 7.50. The zero-order chi connectivity index (χ0) is 7.56. The van der Waals surface area contributed by atoms with Crippen LogP contribution in [-0.2, 0) is 9.53 Å². The molecule has 0 spiro atoms. The van der Waals surface area contributed by atoms with E-state index in [-0.39, 0.29) is 17.9 Å². The van der Waals surface area contributed by atoms with Crippen LogP contribution in [0.15, 0.2) is 0 Å². The molecule has 1 rings (SSSR count). The van der Waals surface area contributed by atoms with Gasteiger partial charge in [0.1, 0.15) is 0 Å². The maximum atomic E-state index is 10.8. The molecule has 58 valence electrons. The van der Waals surface area contributed by atoms with E-state index in [0.717, 1.165) is 6.42 Å². The summed E-state index contributed by atoms with van der Waals surface area (Å²) in [6, 6.07) is 0. The summed E-state index contributed by atoms with van der Waals surface area (Å²) in [5, 5.41) is 0. The molecule has 1 aliphatic rings. The highest BCUT2D eigenvalue weighted by Gasteiger charge is 2.27. The summed E-state index contributed by atoms with van der Waals surface area (Å²) in [5.41, 5.74) is 2.11. The first-order valence-electron chi connectivity index (χ1n) is 3.36. The second-order valence-electron chi connectivity index (χ2n) is 2.59. The summed E-state index contributed by atoms with van der Waals surface area (Å²) in [7, 11) is 0. The van der Waals surface area contributed by atoms with Crippen LogP contribution in [0.1, 0.15) is 13.3 Å². The molecule has 0 saturated carbocycles. The van der Waals surface area contributed by atoms with Crippen molar-refractivity contribution >= 4 is 5.91 Å². The molecule has 1 fully saturated rings. The first-order chi connectivity index (χ1) is 4.74. The SMILES string of the molecule is C[C@@H]1C[C@H](C(=O)NN)CO1. The number of hydrogen-bond acceptors (Lipinski definition) is 3. The first-order valence-corrected chi connectivity index (χ1v) is 3.36. The van der Waals surface area contributed by atoms with Crippen LogP contribution in [0.3, 0.4) is 0 Å². The zero-order valence-electron chi connectivity index (χ0n) is 5.96. The van der Waals surface area contributed by atoms with Crippen LogP contribution < -0.4 is 11.3 Å². The standard InChI is InChI=1S/C6H12N2O2/c1-4-2-5(3-10-4)6(9)8-7/h4-5H,2-3,7H2,1H3,(H,8,9)/t4-,5+/m1/s1. The topological polar surface area (TPSA) is 64.4 Å². The Hall–Kier alpha value is -0.610. The van der Waals surface area contributed by atoms with Crippen LogP contribution in [0.2, 0.25) is 0 Å². The molecule has 2 atom stereocenters. The minimum Gasteiger partial charge on any atom is -0.378 e. The largest absolute Gasteiger partial charge is 0.378 e. The van der Waals surface area contributed by atoms with Crippen molar-refractivity contribution in [1.29, 1.82) is 0 Å². The third-order valence-electron chi connectivity index (χ3n) is 1.71. The van der Waals surface area contributed by atoms with Gasteiger partial charge in [-0.1, -0.05) is 0 Å². The Labute approximate surface area is 59.7 Å². The van der Waals surface area contributed by atoms with Crippen LogP contribution >= 0.6 is 0 Å². The maximum Gasteiger partial charge on any atom is 0.239 e. The molecule has 0 unspecified atom stereocenters. The van der Waals surface area contributed by atoms with E-state index >= 15 is 0 Å². The van der Waals surface area contributed by atoms with Gasteiger partial charge in [-0.2, -0.15) is 0 Å². The minimum atomic E-state index is -0.121. The van der Waals surface area contributed by atoms with E-state index in [1.54, 1.807) is 0 Å². The van der Waals surface area contributed by atoms with Crippen LogP contribution in [0.4, 0.5) is 0 Å². The number of nitrogens with one attached hydrogen (secondary N) is 1. The lowest BCUT2D eigenvalue weighted by molar-refractivity contribution is -0.125. The molecular weight excluding hydrogens is 132 g/mol. The smallest absolute Gasteiger partial charge is 0.239 e.